The number of ether oxygens (including phenoxy) is 1. The van der Waals surface area contributed by atoms with Crippen molar-refractivity contribution in [3.05, 3.63) is 35.9 Å². The largest absolute Gasteiger partial charge is 0.469 e. The first kappa shape index (κ1) is 19.7. The van der Waals surface area contributed by atoms with E-state index in [1.165, 1.54) is 12.7 Å². The molecule has 1 fully saturated rings. The molecule has 0 bridgehead atoms. The van der Waals surface area contributed by atoms with Crippen LogP contribution in [-0.4, -0.2) is 50.6 Å². The predicted molar refractivity (Wildman–Crippen MR) is 103 cm³/mol. The molecule has 0 amide bonds. The van der Waals surface area contributed by atoms with Crippen LogP contribution >= 0.6 is 24.0 Å². The van der Waals surface area contributed by atoms with Gasteiger partial charge in [-0.15, -0.1) is 24.0 Å². The Labute approximate surface area is 155 Å². The van der Waals surface area contributed by atoms with Gasteiger partial charge in [0.25, 0.3) is 0 Å². The first-order valence-corrected chi connectivity index (χ1v) is 7.74. The fourth-order valence-corrected chi connectivity index (χ4v) is 2.81. The molecule has 5 nitrogen and oxygen atoms in total. The number of rotatable bonds is 4. The summed E-state index contributed by atoms with van der Waals surface area (Å²) < 4.78 is 4.75. The summed E-state index contributed by atoms with van der Waals surface area (Å²) in [6, 6.07) is 10.6. The third-order valence-electron chi connectivity index (χ3n) is 4.14. The van der Waals surface area contributed by atoms with Gasteiger partial charge in [-0.2, -0.15) is 0 Å². The van der Waals surface area contributed by atoms with E-state index in [4.69, 9.17) is 4.74 Å². The highest BCUT2D eigenvalue weighted by Crippen LogP contribution is 2.26. The second-order valence-electron chi connectivity index (χ2n) is 5.69. The molecule has 0 spiro atoms. The van der Waals surface area contributed by atoms with Gasteiger partial charge < -0.3 is 15.0 Å². The highest BCUT2D eigenvalue weighted by Gasteiger charge is 2.26. The van der Waals surface area contributed by atoms with Gasteiger partial charge in [0.1, 0.15) is 0 Å². The lowest BCUT2D eigenvalue weighted by Gasteiger charge is -2.23. The van der Waals surface area contributed by atoms with E-state index in [0.717, 1.165) is 25.5 Å². The highest BCUT2D eigenvalue weighted by atomic mass is 127. The highest BCUT2D eigenvalue weighted by molar-refractivity contribution is 14.0. The van der Waals surface area contributed by atoms with E-state index in [1.54, 1.807) is 7.05 Å². The number of halogens is 1. The maximum Gasteiger partial charge on any atom is 0.310 e. The number of hydrogen-bond acceptors (Lipinski definition) is 3. The Hall–Kier alpha value is -1.31. The maximum absolute atomic E-state index is 11.5. The SMILES string of the molecule is CN=C(NCC(C)C(=O)OC)N1CCC(c2ccccc2)C1.I. The number of guanidine groups is 1. The summed E-state index contributed by atoms with van der Waals surface area (Å²) in [4.78, 5) is 18.0. The van der Waals surface area contributed by atoms with E-state index < -0.39 is 0 Å². The normalized spacial score (nSPS) is 19.0. The number of nitrogens with zero attached hydrogens (tertiary/aromatic N) is 2. The average molecular weight is 431 g/mol. The molecule has 0 saturated carbocycles. The lowest BCUT2D eigenvalue weighted by molar-refractivity contribution is -0.144. The fourth-order valence-electron chi connectivity index (χ4n) is 2.81. The van der Waals surface area contributed by atoms with Crippen LogP contribution in [0, 0.1) is 5.92 Å². The van der Waals surface area contributed by atoms with Gasteiger partial charge in [0.15, 0.2) is 5.96 Å². The Bertz CT molecular complexity index is 522. The topological polar surface area (TPSA) is 53.9 Å². The Morgan fingerprint density at radius 1 is 1.43 bits per heavy atom. The van der Waals surface area contributed by atoms with Gasteiger partial charge in [0.2, 0.25) is 0 Å². The Morgan fingerprint density at radius 2 is 2.13 bits per heavy atom. The van der Waals surface area contributed by atoms with Crippen LogP contribution in [0.25, 0.3) is 0 Å². The zero-order valence-corrected chi connectivity index (χ0v) is 16.3. The Kier molecular flexibility index (Phi) is 8.36. The van der Waals surface area contributed by atoms with Crippen molar-refractivity contribution in [1.82, 2.24) is 10.2 Å². The second kappa shape index (κ2) is 9.75. The summed E-state index contributed by atoms with van der Waals surface area (Å²) in [5.41, 5.74) is 1.38. The molecular weight excluding hydrogens is 405 g/mol. The summed E-state index contributed by atoms with van der Waals surface area (Å²) in [5, 5.41) is 3.27. The maximum atomic E-state index is 11.5. The van der Waals surface area contributed by atoms with E-state index in [2.05, 4.69) is 39.5 Å². The lowest BCUT2D eigenvalue weighted by Crippen LogP contribution is -2.42. The molecule has 0 aromatic heterocycles. The van der Waals surface area contributed by atoms with E-state index >= 15 is 0 Å². The summed E-state index contributed by atoms with van der Waals surface area (Å²) in [7, 11) is 3.19. The number of methoxy groups -OCH3 is 1. The minimum absolute atomic E-state index is 0. The van der Waals surface area contributed by atoms with Crippen molar-refractivity contribution >= 4 is 35.9 Å². The smallest absolute Gasteiger partial charge is 0.310 e. The number of aliphatic imine (C=N–C) groups is 1. The van der Waals surface area contributed by atoms with Gasteiger partial charge >= 0.3 is 5.97 Å². The number of benzene rings is 1. The molecule has 1 heterocycles. The van der Waals surface area contributed by atoms with Gasteiger partial charge in [0, 0.05) is 32.6 Å². The van der Waals surface area contributed by atoms with Crippen molar-refractivity contribution in [1.29, 1.82) is 0 Å². The van der Waals surface area contributed by atoms with E-state index in [9.17, 15) is 4.79 Å². The quantitative estimate of drug-likeness (QED) is 0.345. The van der Waals surface area contributed by atoms with E-state index in [1.807, 2.05) is 13.0 Å². The molecule has 2 unspecified atom stereocenters. The van der Waals surface area contributed by atoms with Crippen LogP contribution in [0.3, 0.4) is 0 Å². The van der Waals surface area contributed by atoms with Crippen LogP contribution in [0.15, 0.2) is 35.3 Å². The van der Waals surface area contributed by atoms with Crippen molar-refractivity contribution in [2.75, 3.05) is 33.8 Å². The van der Waals surface area contributed by atoms with Crippen LogP contribution in [0.1, 0.15) is 24.8 Å². The van der Waals surface area contributed by atoms with Gasteiger partial charge in [-0.05, 0) is 12.0 Å². The molecule has 23 heavy (non-hydrogen) atoms. The third kappa shape index (κ3) is 5.37. The van der Waals surface area contributed by atoms with Crippen molar-refractivity contribution in [2.24, 2.45) is 10.9 Å². The summed E-state index contributed by atoms with van der Waals surface area (Å²) in [6.07, 6.45) is 1.12. The third-order valence-corrected chi connectivity index (χ3v) is 4.14. The van der Waals surface area contributed by atoms with Crippen LogP contribution in [0.2, 0.25) is 0 Å². The number of hydrogen-bond donors (Lipinski definition) is 1. The first-order chi connectivity index (χ1) is 10.7. The molecule has 2 rings (SSSR count). The molecule has 0 radical (unpaired) electrons. The fraction of sp³-hybridized carbons (Fsp3) is 0.529. The molecule has 6 heteroatoms. The van der Waals surface area contributed by atoms with Crippen molar-refractivity contribution in [3.63, 3.8) is 0 Å². The number of nitrogens with one attached hydrogen (secondary N) is 1. The second-order valence-corrected chi connectivity index (χ2v) is 5.69. The Balaban J connectivity index is 0.00000264. The molecule has 2 atom stereocenters. The molecule has 1 aromatic carbocycles. The standard InChI is InChI=1S/C17H25N3O2.HI/c1-13(16(21)22-3)11-19-17(18-2)20-10-9-15(12-20)14-7-5-4-6-8-14;/h4-8,13,15H,9-12H2,1-3H3,(H,18,19);1H. The molecular formula is C17H26IN3O2. The minimum atomic E-state index is -0.202. The molecule has 1 aliphatic rings. The van der Waals surface area contributed by atoms with Gasteiger partial charge in [-0.3, -0.25) is 9.79 Å². The number of carbonyl (C=O) groups is 1. The van der Waals surface area contributed by atoms with E-state index in [-0.39, 0.29) is 35.9 Å². The summed E-state index contributed by atoms with van der Waals surface area (Å²) in [5.74, 6) is 1.01. The molecule has 1 saturated heterocycles. The Morgan fingerprint density at radius 3 is 2.74 bits per heavy atom. The van der Waals surface area contributed by atoms with Crippen LogP contribution in [0.5, 0.6) is 0 Å². The summed E-state index contributed by atoms with van der Waals surface area (Å²) in [6.45, 7) is 4.32. The molecule has 128 valence electrons. The van der Waals surface area contributed by atoms with Gasteiger partial charge in [0.05, 0.1) is 13.0 Å². The lowest BCUT2D eigenvalue weighted by atomic mass is 9.99. The van der Waals surface area contributed by atoms with Crippen molar-refractivity contribution in [3.8, 4) is 0 Å². The van der Waals surface area contributed by atoms with Crippen LogP contribution in [0.4, 0.5) is 0 Å². The zero-order chi connectivity index (χ0) is 15.9. The van der Waals surface area contributed by atoms with Crippen LogP contribution in [-0.2, 0) is 9.53 Å². The first-order valence-electron chi connectivity index (χ1n) is 7.74. The minimum Gasteiger partial charge on any atom is -0.469 e. The number of carbonyl (C=O) groups excluding carboxylic acids is 1. The molecule has 1 aromatic rings. The predicted octanol–water partition coefficient (Wildman–Crippen LogP) is 2.48. The summed E-state index contributed by atoms with van der Waals surface area (Å²) >= 11 is 0. The van der Waals surface area contributed by atoms with Crippen LogP contribution < -0.4 is 5.32 Å². The monoisotopic (exact) mass is 431 g/mol. The number of likely N-dealkylation sites (tertiary alicyclic amines) is 1. The van der Waals surface area contributed by atoms with Gasteiger partial charge in [-0.1, -0.05) is 37.3 Å². The van der Waals surface area contributed by atoms with Gasteiger partial charge in [-0.25, -0.2) is 0 Å². The molecule has 1 aliphatic heterocycles. The molecule has 0 aliphatic carbocycles. The zero-order valence-electron chi connectivity index (χ0n) is 14.0. The van der Waals surface area contributed by atoms with Crippen molar-refractivity contribution in [2.45, 2.75) is 19.3 Å². The average Bonchev–Trinajstić information content (AvgIpc) is 3.05. The van der Waals surface area contributed by atoms with E-state index in [0.29, 0.717) is 12.5 Å². The van der Waals surface area contributed by atoms with Crippen molar-refractivity contribution < 1.29 is 9.53 Å². The molecule has 1 N–H and O–H groups in total. The number of esters is 1.